The van der Waals surface area contributed by atoms with Crippen LogP contribution in [0.15, 0.2) is 0 Å². The van der Waals surface area contributed by atoms with Crippen molar-refractivity contribution < 1.29 is 9.53 Å². The molecule has 0 heterocycles. The van der Waals surface area contributed by atoms with Crippen LogP contribution in [0.2, 0.25) is 0 Å². The van der Waals surface area contributed by atoms with Gasteiger partial charge >= 0.3 is 5.97 Å². The Morgan fingerprint density at radius 3 is 2.75 bits per heavy atom. The monoisotopic (exact) mass is 171 g/mol. The van der Waals surface area contributed by atoms with Crippen molar-refractivity contribution in [2.45, 2.75) is 39.5 Å². The van der Waals surface area contributed by atoms with Crippen LogP contribution in [0.3, 0.4) is 0 Å². The van der Waals surface area contributed by atoms with E-state index in [0.29, 0.717) is 18.9 Å². The first-order valence-corrected chi connectivity index (χ1v) is 4.65. The Balaban J connectivity index is 3.33. The van der Waals surface area contributed by atoms with Crippen LogP contribution in [0.1, 0.15) is 39.5 Å². The van der Waals surface area contributed by atoms with Gasteiger partial charge in [0.2, 0.25) is 0 Å². The highest BCUT2D eigenvalue weighted by Gasteiger charge is 2.07. The Kier molecular flexibility index (Phi) is 6.82. The Morgan fingerprint density at radius 1 is 1.58 bits per heavy atom. The SMILES string of the molecule is [CH2]CC(C)CC(=O)OCCCC. The lowest BCUT2D eigenvalue weighted by Crippen LogP contribution is -2.09. The highest BCUT2D eigenvalue weighted by Crippen LogP contribution is 2.07. The van der Waals surface area contributed by atoms with E-state index in [1.165, 1.54) is 0 Å². The molecular formula is C10H19O2. The Morgan fingerprint density at radius 2 is 2.25 bits per heavy atom. The summed E-state index contributed by atoms with van der Waals surface area (Å²) in [7, 11) is 0. The lowest BCUT2D eigenvalue weighted by molar-refractivity contribution is -0.144. The largest absolute Gasteiger partial charge is 0.466 e. The van der Waals surface area contributed by atoms with Gasteiger partial charge in [0.1, 0.15) is 0 Å². The maximum absolute atomic E-state index is 11.0. The van der Waals surface area contributed by atoms with Crippen molar-refractivity contribution in [1.29, 1.82) is 0 Å². The molecule has 0 amide bonds. The Bertz CT molecular complexity index is 121. The van der Waals surface area contributed by atoms with Crippen molar-refractivity contribution in [3.05, 3.63) is 6.92 Å². The molecular weight excluding hydrogens is 152 g/mol. The van der Waals surface area contributed by atoms with E-state index in [-0.39, 0.29) is 5.97 Å². The first-order valence-electron chi connectivity index (χ1n) is 4.65. The predicted molar refractivity (Wildman–Crippen MR) is 49.6 cm³/mol. The van der Waals surface area contributed by atoms with Crippen LogP contribution in [0.25, 0.3) is 0 Å². The molecule has 0 aromatic heterocycles. The fourth-order valence-corrected chi connectivity index (χ4v) is 0.776. The molecule has 0 spiro atoms. The van der Waals surface area contributed by atoms with Crippen LogP contribution in [-0.2, 0) is 9.53 Å². The molecule has 0 aromatic rings. The van der Waals surface area contributed by atoms with Gasteiger partial charge in [-0.1, -0.05) is 33.6 Å². The van der Waals surface area contributed by atoms with Crippen molar-refractivity contribution in [2.75, 3.05) is 6.61 Å². The highest BCUT2D eigenvalue weighted by molar-refractivity contribution is 5.69. The molecule has 1 radical (unpaired) electrons. The molecule has 0 saturated carbocycles. The summed E-state index contributed by atoms with van der Waals surface area (Å²) >= 11 is 0. The van der Waals surface area contributed by atoms with Gasteiger partial charge in [-0.15, -0.1) is 0 Å². The highest BCUT2D eigenvalue weighted by atomic mass is 16.5. The Labute approximate surface area is 75.3 Å². The van der Waals surface area contributed by atoms with E-state index < -0.39 is 0 Å². The van der Waals surface area contributed by atoms with Crippen LogP contribution in [0, 0.1) is 12.8 Å². The zero-order valence-electron chi connectivity index (χ0n) is 8.14. The number of esters is 1. The summed E-state index contributed by atoms with van der Waals surface area (Å²) < 4.78 is 4.99. The van der Waals surface area contributed by atoms with Crippen LogP contribution in [0.4, 0.5) is 0 Å². The second-order valence-electron chi connectivity index (χ2n) is 3.17. The first-order chi connectivity index (χ1) is 5.70. The number of carbonyl (C=O) groups excluding carboxylic acids is 1. The molecule has 1 unspecified atom stereocenters. The van der Waals surface area contributed by atoms with E-state index in [1.807, 2.05) is 6.92 Å². The molecule has 0 aliphatic carbocycles. The molecule has 0 aliphatic rings. The molecule has 0 aliphatic heterocycles. The number of ether oxygens (including phenoxy) is 1. The normalized spacial score (nSPS) is 12.6. The number of hydrogen-bond acceptors (Lipinski definition) is 2. The minimum atomic E-state index is -0.0837. The van der Waals surface area contributed by atoms with Gasteiger partial charge in [0.15, 0.2) is 0 Å². The van der Waals surface area contributed by atoms with Gasteiger partial charge in [0.05, 0.1) is 6.61 Å². The van der Waals surface area contributed by atoms with E-state index >= 15 is 0 Å². The molecule has 0 rings (SSSR count). The third-order valence-corrected chi connectivity index (χ3v) is 1.77. The summed E-state index contributed by atoms with van der Waals surface area (Å²) in [6.45, 7) is 8.38. The second kappa shape index (κ2) is 7.14. The second-order valence-corrected chi connectivity index (χ2v) is 3.17. The summed E-state index contributed by atoms with van der Waals surface area (Å²) in [4.78, 5) is 11.0. The maximum atomic E-state index is 11.0. The van der Waals surface area contributed by atoms with E-state index in [9.17, 15) is 4.79 Å². The maximum Gasteiger partial charge on any atom is 0.306 e. The first kappa shape index (κ1) is 11.5. The molecule has 0 N–H and O–H groups in total. The average Bonchev–Trinajstić information content (AvgIpc) is 2.05. The number of hydrogen-bond donors (Lipinski definition) is 0. The average molecular weight is 171 g/mol. The summed E-state index contributed by atoms with van der Waals surface area (Å²) in [6, 6.07) is 0. The summed E-state index contributed by atoms with van der Waals surface area (Å²) in [6.07, 6.45) is 3.33. The van der Waals surface area contributed by atoms with E-state index in [4.69, 9.17) is 4.74 Å². The standard InChI is InChI=1S/C10H19O2/c1-4-6-7-12-10(11)8-9(3)5-2/h9H,2,4-8H2,1,3H3. The number of carbonyl (C=O) groups is 1. The van der Waals surface area contributed by atoms with Gasteiger partial charge in [0, 0.05) is 6.42 Å². The lowest BCUT2D eigenvalue weighted by atomic mass is 10.1. The van der Waals surface area contributed by atoms with E-state index in [1.54, 1.807) is 0 Å². The summed E-state index contributed by atoms with van der Waals surface area (Å²) in [5, 5.41) is 0. The van der Waals surface area contributed by atoms with Crippen LogP contribution in [0.5, 0.6) is 0 Å². The molecule has 0 aromatic carbocycles. The number of rotatable bonds is 6. The zero-order chi connectivity index (χ0) is 9.40. The molecule has 71 valence electrons. The topological polar surface area (TPSA) is 26.3 Å². The molecule has 0 bridgehead atoms. The van der Waals surface area contributed by atoms with Crippen molar-refractivity contribution in [2.24, 2.45) is 5.92 Å². The summed E-state index contributed by atoms with van der Waals surface area (Å²) in [5.41, 5.74) is 0. The van der Waals surface area contributed by atoms with Crippen molar-refractivity contribution in [3.63, 3.8) is 0 Å². The molecule has 2 heteroatoms. The van der Waals surface area contributed by atoms with Crippen molar-refractivity contribution in [1.82, 2.24) is 0 Å². The van der Waals surface area contributed by atoms with Gasteiger partial charge in [0.25, 0.3) is 0 Å². The molecule has 0 fully saturated rings. The number of unbranched alkanes of at least 4 members (excludes halogenated alkanes) is 1. The van der Waals surface area contributed by atoms with Gasteiger partial charge in [-0.05, 0) is 12.3 Å². The molecule has 0 saturated heterocycles. The third kappa shape index (κ3) is 6.20. The lowest BCUT2D eigenvalue weighted by Gasteiger charge is -2.07. The fraction of sp³-hybridized carbons (Fsp3) is 0.800. The molecule has 2 nitrogen and oxygen atoms in total. The van der Waals surface area contributed by atoms with Gasteiger partial charge in [-0.25, -0.2) is 0 Å². The van der Waals surface area contributed by atoms with Gasteiger partial charge in [-0.3, -0.25) is 4.79 Å². The fourth-order valence-electron chi connectivity index (χ4n) is 0.776. The summed E-state index contributed by atoms with van der Waals surface area (Å²) in [5.74, 6) is 0.263. The minimum absolute atomic E-state index is 0.0837. The van der Waals surface area contributed by atoms with Gasteiger partial charge < -0.3 is 4.74 Å². The van der Waals surface area contributed by atoms with Crippen LogP contribution in [-0.4, -0.2) is 12.6 Å². The quantitative estimate of drug-likeness (QED) is 0.453. The molecule has 12 heavy (non-hydrogen) atoms. The molecule has 1 atom stereocenters. The van der Waals surface area contributed by atoms with Gasteiger partial charge in [-0.2, -0.15) is 0 Å². The van der Waals surface area contributed by atoms with E-state index in [2.05, 4.69) is 13.8 Å². The van der Waals surface area contributed by atoms with Crippen molar-refractivity contribution in [3.8, 4) is 0 Å². The van der Waals surface area contributed by atoms with Crippen LogP contribution >= 0.6 is 0 Å². The minimum Gasteiger partial charge on any atom is -0.466 e. The van der Waals surface area contributed by atoms with Crippen molar-refractivity contribution >= 4 is 5.97 Å². The Hall–Kier alpha value is -0.530. The third-order valence-electron chi connectivity index (χ3n) is 1.77. The smallest absolute Gasteiger partial charge is 0.306 e. The predicted octanol–water partition coefficient (Wildman–Crippen LogP) is 2.58. The zero-order valence-corrected chi connectivity index (χ0v) is 8.14. The van der Waals surface area contributed by atoms with E-state index in [0.717, 1.165) is 19.3 Å². The van der Waals surface area contributed by atoms with Crippen LogP contribution < -0.4 is 0 Å².